The normalized spacial score (nSPS) is 23.4. The van der Waals surface area contributed by atoms with Gasteiger partial charge in [0.05, 0.1) is 0 Å². The van der Waals surface area contributed by atoms with Crippen molar-refractivity contribution in [2.75, 3.05) is 12.0 Å². The highest BCUT2D eigenvalue weighted by molar-refractivity contribution is 7.86. The lowest BCUT2D eigenvalue weighted by atomic mass is 10.4. The van der Waals surface area contributed by atoms with Gasteiger partial charge >= 0.3 is 5.97 Å². The molecule has 1 heterocycles. The summed E-state index contributed by atoms with van der Waals surface area (Å²) in [5.74, 6) is -0.108. The van der Waals surface area contributed by atoms with Gasteiger partial charge in [0.25, 0.3) is 0 Å². The lowest BCUT2D eigenvalue weighted by molar-refractivity contribution is -0.132. The Bertz CT molecular complexity index is 266. The number of carboxylic acids is 1. The van der Waals surface area contributed by atoms with E-state index in [0.717, 1.165) is 5.75 Å². The van der Waals surface area contributed by atoms with Crippen LogP contribution in [0, 0.1) is 0 Å². The second kappa shape index (κ2) is 3.48. The van der Waals surface area contributed by atoms with Crippen LogP contribution in [0.2, 0.25) is 0 Å². The van der Waals surface area contributed by atoms with Gasteiger partial charge in [-0.2, -0.15) is 0 Å². The molecule has 0 spiro atoms. The summed E-state index contributed by atoms with van der Waals surface area (Å²) in [6, 6.07) is 0. The molecule has 1 aliphatic rings. The standard InChI is InChI=1S/C7H9NO2S/c1-11-5-3-2-4-6(8-11)7(9)10/h2-4H,5H2,1H3,(H,9,10). The number of hydrogen-bond donors (Lipinski definition) is 1. The molecule has 0 saturated heterocycles. The van der Waals surface area contributed by atoms with E-state index in [9.17, 15) is 4.79 Å². The zero-order valence-electron chi connectivity index (χ0n) is 6.15. The van der Waals surface area contributed by atoms with Crippen LogP contribution in [0.1, 0.15) is 0 Å². The van der Waals surface area contributed by atoms with Crippen LogP contribution in [-0.4, -0.2) is 23.1 Å². The van der Waals surface area contributed by atoms with E-state index in [0.29, 0.717) is 0 Å². The summed E-state index contributed by atoms with van der Waals surface area (Å²) < 4.78 is 4.00. The van der Waals surface area contributed by atoms with E-state index in [-0.39, 0.29) is 16.4 Å². The van der Waals surface area contributed by atoms with E-state index in [4.69, 9.17) is 5.11 Å². The number of carboxylic acid groups (broad SMARTS) is 1. The van der Waals surface area contributed by atoms with Crippen molar-refractivity contribution >= 4 is 16.7 Å². The Morgan fingerprint density at radius 3 is 3.18 bits per heavy atom. The predicted molar refractivity (Wildman–Crippen MR) is 45.4 cm³/mol. The van der Waals surface area contributed by atoms with Crippen LogP contribution in [0.15, 0.2) is 28.3 Å². The van der Waals surface area contributed by atoms with Crippen LogP contribution >= 0.6 is 0 Å². The van der Waals surface area contributed by atoms with Crippen molar-refractivity contribution in [2.45, 2.75) is 0 Å². The average molecular weight is 171 g/mol. The molecule has 0 saturated carbocycles. The topological polar surface area (TPSA) is 49.7 Å². The quantitative estimate of drug-likeness (QED) is 0.638. The molecule has 0 aliphatic carbocycles. The molecule has 0 bridgehead atoms. The molecular weight excluding hydrogens is 162 g/mol. The molecule has 1 rings (SSSR count). The number of allylic oxidation sites excluding steroid dienone is 2. The first kappa shape index (κ1) is 8.20. The molecule has 0 radical (unpaired) electrons. The maximum atomic E-state index is 10.5. The van der Waals surface area contributed by atoms with Gasteiger partial charge in [0, 0.05) is 5.75 Å². The molecule has 60 valence electrons. The highest BCUT2D eigenvalue weighted by Gasteiger charge is 2.05. The van der Waals surface area contributed by atoms with Gasteiger partial charge < -0.3 is 5.11 Å². The van der Waals surface area contributed by atoms with E-state index in [1.807, 2.05) is 12.3 Å². The summed E-state index contributed by atoms with van der Waals surface area (Å²) >= 11 is 0. The van der Waals surface area contributed by atoms with Gasteiger partial charge in [-0.05, 0) is 12.3 Å². The van der Waals surface area contributed by atoms with E-state index < -0.39 is 5.97 Å². The molecule has 1 atom stereocenters. The maximum absolute atomic E-state index is 10.5. The van der Waals surface area contributed by atoms with Crippen molar-refractivity contribution in [2.24, 2.45) is 4.36 Å². The summed E-state index contributed by atoms with van der Waals surface area (Å²) in [6.07, 6.45) is 7.12. The Balaban J connectivity index is 2.93. The third kappa shape index (κ3) is 2.31. The van der Waals surface area contributed by atoms with Gasteiger partial charge in [0.15, 0.2) is 5.70 Å². The fourth-order valence-corrected chi connectivity index (χ4v) is 1.64. The Labute approximate surface area is 67.5 Å². The molecule has 0 amide bonds. The van der Waals surface area contributed by atoms with Crippen molar-refractivity contribution in [1.82, 2.24) is 0 Å². The molecule has 0 aromatic carbocycles. The molecular formula is C7H9NO2S. The van der Waals surface area contributed by atoms with Crippen molar-refractivity contribution in [3.63, 3.8) is 0 Å². The van der Waals surface area contributed by atoms with Crippen molar-refractivity contribution in [3.05, 3.63) is 23.9 Å². The van der Waals surface area contributed by atoms with Gasteiger partial charge in [-0.3, -0.25) is 0 Å². The first-order valence-corrected chi connectivity index (χ1v) is 4.90. The minimum atomic E-state index is -0.948. The SMILES string of the molecule is CS1=NC(C(=O)O)=CC=CC1. The Kier molecular flexibility index (Phi) is 2.59. The van der Waals surface area contributed by atoms with Crippen LogP contribution < -0.4 is 0 Å². The molecule has 3 nitrogen and oxygen atoms in total. The lowest BCUT2D eigenvalue weighted by Gasteiger charge is -1.94. The Morgan fingerprint density at radius 1 is 1.82 bits per heavy atom. The van der Waals surface area contributed by atoms with Crippen LogP contribution in [0.5, 0.6) is 0 Å². The second-order valence-corrected chi connectivity index (χ2v) is 3.86. The number of nitrogens with zero attached hydrogens (tertiary/aromatic N) is 1. The number of aliphatic carboxylic acids is 1. The number of carbonyl (C=O) groups is 1. The second-order valence-electron chi connectivity index (χ2n) is 2.14. The van der Waals surface area contributed by atoms with Crippen molar-refractivity contribution < 1.29 is 9.90 Å². The van der Waals surface area contributed by atoms with E-state index in [1.165, 1.54) is 6.08 Å². The van der Waals surface area contributed by atoms with Gasteiger partial charge in [0.1, 0.15) is 0 Å². The zero-order chi connectivity index (χ0) is 8.27. The van der Waals surface area contributed by atoms with Gasteiger partial charge in [-0.1, -0.05) is 22.8 Å². The van der Waals surface area contributed by atoms with Crippen molar-refractivity contribution in [3.8, 4) is 0 Å². The predicted octanol–water partition coefficient (Wildman–Crippen LogP) is 0.956. The first-order valence-electron chi connectivity index (χ1n) is 3.14. The summed E-state index contributed by atoms with van der Waals surface area (Å²) in [4.78, 5) is 10.5. The van der Waals surface area contributed by atoms with E-state index >= 15 is 0 Å². The van der Waals surface area contributed by atoms with Crippen LogP contribution in [-0.2, 0) is 15.5 Å². The van der Waals surface area contributed by atoms with E-state index in [1.54, 1.807) is 6.08 Å². The third-order valence-corrected chi connectivity index (χ3v) is 2.38. The van der Waals surface area contributed by atoms with Gasteiger partial charge in [-0.15, -0.1) is 0 Å². The molecule has 4 heteroatoms. The fraction of sp³-hybridized carbons (Fsp3) is 0.286. The van der Waals surface area contributed by atoms with E-state index in [2.05, 4.69) is 4.36 Å². The highest BCUT2D eigenvalue weighted by atomic mass is 32.2. The maximum Gasteiger partial charge on any atom is 0.355 e. The first-order chi connectivity index (χ1) is 5.20. The fourth-order valence-electron chi connectivity index (χ4n) is 0.700. The number of hydrogen-bond acceptors (Lipinski definition) is 2. The molecule has 0 aromatic rings. The molecule has 0 aromatic heterocycles. The highest BCUT2D eigenvalue weighted by Crippen LogP contribution is 2.04. The minimum absolute atomic E-state index is 0.157. The summed E-state index contributed by atoms with van der Waals surface area (Å²) in [6.45, 7) is 0. The third-order valence-electron chi connectivity index (χ3n) is 1.20. The molecule has 0 fully saturated rings. The Morgan fingerprint density at radius 2 is 2.55 bits per heavy atom. The van der Waals surface area contributed by atoms with Crippen LogP contribution in [0.3, 0.4) is 0 Å². The smallest absolute Gasteiger partial charge is 0.355 e. The average Bonchev–Trinajstić information content (AvgIpc) is 2.13. The summed E-state index contributed by atoms with van der Waals surface area (Å²) in [5.41, 5.74) is 0.157. The minimum Gasteiger partial charge on any atom is -0.476 e. The molecule has 1 N–H and O–H groups in total. The molecule has 1 unspecified atom stereocenters. The zero-order valence-corrected chi connectivity index (χ0v) is 6.97. The Hall–Kier alpha value is -0.900. The molecule has 1 aliphatic heterocycles. The largest absolute Gasteiger partial charge is 0.476 e. The number of rotatable bonds is 1. The van der Waals surface area contributed by atoms with Crippen molar-refractivity contribution in [1.29, 1.82) is 0 Å². The van der Waals surface area contributed by atoms with Gasteiger partial charge in [0.2, 0.25) is 0 Å². The lowest BCUT2D eigenvalue weighted by Crippen LogP contribution is -1.98. The van der Waals surface area contributed by atoms with Crippen LogP contribution in [0.4, 0.5) is 0 Å². The van der Waals surface area contributed by atoms with Gasteiger partial charge in [-0.25, -0.2) is 9.16 Å². The summed E-state index contributed by atoms with van der Waals surface area (Å²) in [5, 5.41) is 8.59. The monoisotopic (exact) mass is 171 g/mol. The summed E-state index contributed by atoms with van der Waals surface area (Å²) in [7, 11) is -0.169. The van der Waals surface area contributed by atoms with Crippen LogP contribution in [0.25, 0.3) is 0 Å². The molecule has 11 heavy (non-hydrogen) atoms.